The van der Waals surface area contributed by atoms with Gasteiger partial charge in [-0.05, 0) is 32.0 Å². The molecule has 0 N–H and O–H groups in total. The number of sulfone groups is 1. The van der Waals surface area contributed by atoms with E-state index in [1.54, 1.807) is 34.0 Å². The summed E-state index contributed by atoms with van der Waals surface area (Å²) in [5, 5.41) is -0.569. The van der Waals surface area contributed by atoms with Gasteiger partial charge in [-0.25, -0.2) is 8.42 Å². The van der Waals surface area contributed by atoms with E-state index in [9.17, 15) is 13.2 Å². The number of benzene rings is 1. The highest BCUT2D eigenvalue weighted by Crippen LogP contribution is 2.25. The van der Waals surface area contributed by atoms with Crippen LogP contribution < -0.4 is 0 Å². The van der Waals surface area contributed by atoms with Gasteiger partial charge in [-0.3, -0.25) is 4.79 Å². The summed E-state index contributed by atoms with van der Waals surface area (Å²) in [7, 11) is -0.299. The Kier molecular flexibility index (Phi) is 4.55. The zero-order valence-corrected chi connectivity index (χ0v) is 13.2. The molecule has 0 aliphatic heterocycles. The van der Waals surface area contributed by atoms with Gasteiger partial charge in [0.05, 0.1) is 15.7 Å². The number of hydrogen-bond acceptors (Lipinski definition) is 3. The minimum atomic E-state index is -3.49. The third kappa shape index (κ3) is 2.92. The molecule has 0 atom stereocenters. The maximum Gasteiger partial charge on any atom is 0.254 e. The van der Waals surface area contributed by atoms with Crippen molar-refractivity contribution in [2.45, 2.75) is 24.0 Å². The highest BCUT2D eigenvalue weighted by Gasteiger charge is 2.26. The Bertz CT molecular complexity index is 565. The van der Waals surface area contributed by atoms with Gasteiger partial charge >= 0.3 is 0 Å². The van der Waals surface area contributed by atoms with Crippen LogP contribution in [-0.4, -0.2) is 38.6 Å². The lowest BCUT2D eigenvalue weighted by molar-refractivity contribution is 0.0824. The second-order valence-corrected chi connectivity index (χ2v) is 7.82. The Morgan fingerprint density at radius 1 is 1.28 bits per heavy atom. The molecule has 100 valence electrons. The van der Waals surface area contributed by atoms with Crippen LogP contribution in [-0.2, 0) is 9.84 Å². The van der Waals surface area contributed by atoms with E-state index in [2.05, 4.69) is 15.9 Å². The lowest BCUT2D eigenvalue weighted by Gasteiger charge is -2.16. The molecular weight excluding hydrogens is 318 g/mol. The number of nitrogens with zero attached hydrogens (tertiary/aromatic N) is 1. The van der Waals surface area contributed by atoms with Gasteiger partial charge in [-0.1, -0.05) is 15.9 Å². The number of carbonyl (C=O) groups excluding carboxylic acids is 1. The van der Waals surface area contributed by atoms with Crippen molar-refractivity contribution in [3.05, 3.63) is 28.2 Å². The predicted molar refractivity (Wildman–Crippen MR) is 74.5 cm³/mol. The fourth-order valence-corrected chi connectivity index (χ4v) is 3.18. The van der Waals surface area contributed by atoms with Crippen LogP contribution in [0.1, 0.15) is 24.2 Å². The molecule has 1 aromatic rings. The number of rotatable bonds is 3. The molecule has 4 nitrogen and oxygen atoms in total. The Morgan fingerprint density at radius 3 is 2.28 bits per heavy atom. The van der Waals surface area contributed by atoms with Gasteiger partial charge in [0.25, 0.3) is 5.91 Å². The summed E-state index contributed by atoms with van der Waals surface area (Å²) in [5.74, 6) is -0.318. The van der Waals surface area contributed by atoms with Crippen LogP contribution in [0.25, 0.3) is 0 Å². The number of hydrogen-bond donors (Lipinski definition) is 0. The first-order chi connectivity index (χ1) is 8.17. The number of halogens is 1. The van der Waals surface area contributed by atoms with E-state index in [-0.39, 0.29) is 16.4 Å². The summed E-state index contributed by atoms with van der Waals surface area (Å²) in [5.41, 5.74) is 0.205. The Balaban J connectivity index is 3.52. The Labute approximate surface area is 116 Å². The van der Waals surface area contributed by atoms with Gasteiger partial charge in [-0.15, -0.1) is 0 Å². The zero-order valence-electron chi connectivity index (χ0n) is 10.8. The van der Waals surface area contributed by atoms with Crippen LogP contribution in [0.3, 0.4) is 0 Å². The fraction of sp³-hybridized carbons (Fsp3) is 0.417. The first kappa shape index (κ1) is 15.2. The Morgan fingerprint density at radius 2 is 1.83 bits per heavy atom. The highest BCUT2D eigenvalue weighted by atomic mass is 79.9. The molecule has 0 unspecified atom stereocenters. The summed E-state index contributed by atoms with van der Waals surface area (Å²) in [6, 6.07) is 4.67. The molecule has 0 aliphatic rings. The maximum absolute atomic E-state index is 12.2. The summed E-state index contributed by atoms with van der Waals surface area (Å²) >= 11 is 3.23. The van der Waals surface area contributed by atoms with E-state index in [0.29, 0.717) is 4.47 Å². The average molecular weight is 334 g/mol. The van der Waals surface area contributed by atoms with Crippen LogP contribution in [0.2, 0.25) is 0 Å². The predicted octanol–water partition coefficient (Wildman–Crippen LogP) is 2.33. The van der Waals surface area contributed by atoms with E-state index in [1.807, 2.05) is 0 Å². The number of amides is 1. The molecule has 1 aromatic carbocycles. The minimum absolute atomic E-state index is 0.0746. The van der Waals surface area contributed by atoms with E-state index < -0.39 is 15.1 Å². The van der Waals surface area contributed by atoms with Crippen molar-refractivity contribution < 1.29 is 13.2 Å². The molecule has 0 radical (unpaired) electrons. The van der Waals surface area contributed by atoms with Gasteiger partial charge < -0.3 is 4.90 Å². The molecule has 1 rings (SSSR count). The van der Waals surface area contributed by atoms with E-state index in [1.165, 1.54) is 17.0 Å². The third-order valence-corrected chi connectivity index (χ3v) is 5.19. The molecular formula is C12H16BrNO3S. The lowest BCUT2D eigenvalue weighted by Crippen LogP contribution is -2.25. The maximum atomic E-state index is 12.2. The van der Waals surface area contributed by atoms with Crippen molar-refractivity contribution in [1.29, 1.82) is 0 Å². The standard InChI is InChI=1S/C12H16BrNO3S/c1-8(2)18(16,17)11-7-9(13)5-6-10(11)12(15)14(3)4/h5-8H,1-4H3. The molecule has 0 fully saturated rings. The van der Waals surface area contributed by atoms with Crippen molar-refractivity contribution in [2.75, 3.05) is 14.1 Å². The van der Waals surface area contributed by atoms with Gasteiger partial charge in [-0.2, -0.15) is 0 Å². The summed E-state index contributed by atoms with van der Waals surface area (Å²) in [4.78, 5) is 13.4. The average Bonchev–Trinajstić information content (AvgIpc) is 2.27. The topological polar surface area (TPSA) is 54.5 Å². The van der Waals surface area contributed by atoms with Crippen molar-refractivity contribution in [3.63, 3.8) is 0 Å². The number of carbonyl (C=O) groups is 1. The highest BCUT2D eigenvalue weighted by molar-refractivity contribution is 9.10. The molecule has 0 saturated heterocycles. The normalized spacial score (nSPS) is 11.7. The summed E-state index contributed by atoms with van der Waals surface area (Å²) in [6.45, 7) is 3.19. The largest absolute Gasteiger partial charge is 0.345 e. The molecule has 0 bridgehead atoms. The molecule has 0 aromatic heterocycles. The smallest absolute Gasteiger partial charge is 0.254 e. The van der Waals surface area contributed by atoms with Gasteiger partial charge in [0.15, 0.2) is 9.84 Å². The zero-order chi connectivity index (χ0) is 14.1. The van der Waals surface area contributed by atoms with E-state index >= 15 is 0 Å². The van der Waals surface area contributed by atoms with Crippen LogP contribution in [0.15, 0.2) is 27.6 Å². The van der Waals surface area contributed by atoms with Crippen molar-refractivity contribution in [1.82, 2.24) is 4.90 Å². The summed E-state index contributed by atoms with van der Waals surface area (Å²) in [6.07, 6.45) is 0. The molecule has 18 heavy (non-hydrogen) atoms. The van der Waals surface area contributed by atoms with Crippen LogP contribution >= 0.6 is 15.9 Å². The molecule has 0 saturated carbocycles. The first-order valence-corrected chi connectivity index (χ1v) is 7.77. The third-order valence-electron chi connectivity index (χ3n) is 2.51. The summed E-state index contributed by atoms with van der Waals surface area (Å²) < 4.78 is 25.1. The van der Waals surface area contributed by atoms with Gasteiger partial charge in [0, 0.05) is 18.6 Å². The minimum Gasteiger partial charge on any atom is -0.345 e. The monoisotopic (exact) mass is 333 g/mol. The van der Waals surface area contributed by atoms with Crippen molar-refractivity contribution in [3.8, 4) is 0 Å². The van der Waals surface area contributed by atoms with Crippen molar-refractivity contribution in [2.24, 2.45) is 0 Å². The van der Waals surface area contributed by atoms with Crippen LogP contribution in [0.5, 0.6) is 0 Å². The SMILES string of the molecule is CC(C)S(=O)(=O)c1cc(Br)ccc1C(=O)N(C)C. The van der Waals surface area contributed by atoms with E-state index in [4.69, 9.17) is 0 Å². The van der Waals surface area contributed by atoms with Gasteiger partial charge in [0.2, 0.25) is 0 Å². The molecule has 0 spiro atoms. The second-order valence-electron chi connectivity index (χ2n) is 4.43. The second kappa shape index (κ2) is 5.40. The Hall–Kier alpha value is -0.880. The van der Waals surface area contributed by atoms with Crippen molar-refractivity contribution >= 4 is 31.7 Å². The van der Waals surface area contributed by atoms with Crippen LogP contribution in [0.4, 0.5) is 0 Å². The lowest BCUT2D eigenvalue weighted by atomic mass is 10.2. The molecule has 6 heteroatoms. The quantitative estimate of drug-likeness (QED) is 0.853. The first-order valence-electron chi connectivity index (χ1n) is 5.43. The van der Waals surface area contributed by atoms with Crippen LogP contribution in [0, 0.1) is 0 Å². The van der Waals surface area contributed by atoms with Gasteiger partial charge in [0.1, 0.15) is 0 Å². The molecule has 0 heterocycles. The molecule has 1 amide bonds. The molecule has 0 aliphatic carbocycles. The fourth-order valence-electron chi connectivity index (χ4n) is 1.40. The van der Waals surface area contributed by atoms with E-state index in [0.717, 1.165) is 0 Å².